The molecule has 3 heterocycles. The van der Waals surface area contributed by atoms with Gasteiger partial charge in [-0.3, -0.25) is 4.79 Å². The zero-order chi connectivity index (χ0) is 29.1. The van der Waals surface area contributed by atoms with E-state index < -0.39 is 10.0 Å². The maximum Gasteiger partial charge on any atom is 0.243 e. The summed E-state index contributed by atoms with van der Waals surface area (Å²) in [4.78, 5) is 15.1. The van der Waals surface area contributed by atoms with Crippen molar-refractivity contribution >= 4 is 26.8 Å². The maximum atomic E-state index is 13.2. The van der Waals surface area contributed by atoms with Crippen LogP contribution in [0.3, 0.4) is 0 Å². The van der Waals surface area contributed by atoms with Crippen molar-refractivity contribution in [2.45, 2.75) is 30.8 Å². The van der Waals surface area contributed by atoms with Crippen molar-refractivity contribution in [1.82, 2.24) is 28.8 Å². The lowest BCUT2D eigenvalue weighted by atomic mass is 10.1. The van der Waals surface area contributed by atoms with Gasteiger partial charge >= 0.3 is 0 Å². The fourth-order valence-corrected chi connectivity index (χ4v) is 6.85. The summed E-state index contributed by atoms with van der Waals surface area (Å²) in [5.41, 5.74) is 3.85. The SMILES string of the molecule is O=C(CCc1cn(Cc2cn(Cc3ccc(F)cc3)nn2)c2ccccc12)N1CCN(S(=O)(=O)c2ccccc2)CC1. The van der Waals surface area contributed by atoms with Crippen LogP contribution in [0.25, 0.3) is 10.9 Å². The van der Waals surface area contributed by atoms with E-state index in [0.29, 0.717) is 39.0 Å². The van der Waals surface area contributed by atoms with Gasteiger partial charge in [0, 0.05) is 49.7 Å². The highest BCUT2D eigenvalue weighted by Crippen LogP contribution is 2.24. The normalized spacial score (nSPS) is 14.5. The van der Waals surface area contributed by atoms with Gasteiger partial charge in [0.25, 0.3) is 0 Å². The molecule has 216 valence electrons. The third-order valence-electron chi connectivity index (χ3n) is 7.63. The van der Waals surface area contributed by atoms with Crippen LogP contribution in [0.2, 0.25) is 0 Å². The number of hydrogen-bond donors (Lipinski definition) is 0. The molecule has 9 nitrogen and oxygen atoms in total. The number of carbonyl (C=O) groups excluding carboxylic acids is 1. The first kappa shape index (κ1) is 27.8. The van der Waals surface area contributed by atoms with E-state index in [1.807, 2.05) is 18.3 Å². The molecule has 5 aromatic rings. The summed E-state index contributed by atoms with van der Waals surface area (Å²) in [5, 5.41) is 9.65. The monoisotopic (exact) mass is 586 g/mol. The largest absolute Gasteiger partial charge is 0.341 e. The molecule has 3 aromatic carbocycles. The lowest BCUT2D eigenvalue weighted by molar-refractivity contribution is -0.132. The Balaban J connectivity index is 1.08. The number of benzene rings is 3. The van der Waals surface area contributed by atoms with Crippen LogP contribution in [0, 0.1) is 5.82 Å². The Hall–Kier alpha value is -4.35. The van der Waals surface area contributed by atoms with Gasteiger partial charge in [0.05, 0.1) is 24.2 Å². The molecule has 1 amide bonds. The molecule has 0 spiro atoms. The highest BCUT2D eigenvalue weighted by atomic mass is 32.2. The van der Waals surface area contributed by atoms with Crippen molar-refractivity contribution in [3.05, 3.63) is 114 Å². The Morgan fingerprint density at radius 3 is 2.31 bits per heavy atom. The van der Waals surface area contributed by atoms with Gasteiger partial charge in [-0.15, -0.1) is 5.10 Å². The van der Waals surface area contributed by atoms with Gasteiger partial charge in [0.15, 0.2) is 0 Å². The number of halogens is 1. The summed E-state index contributed by atoms with van der Waals surface area (Å²) in [7, 11) is -3.56. The zero-order valence-corrected chi connectivity index (χ0v) is 23.8. The van der Waals surface area contributed by atoms with E-state index in [1.54, 1.807) is 52.0 Å². The van der Waals surface area contributed by atoms with Crippen molar-refractivity contribution in [3.8, 4) is 0 Å². The van der Waals surface area contributed by atoms with Crippen LogP contribution < -0.4 is 0 Å². The van der Waals surface area contributed by atoms with Gasteiger partial charge in [-0.05, 0) is 47.9 Å². The number of sulfonamides is 1. The fraction of sp³-hybridized carbons (Fsp3) is 0.258. The zero-order valence-electron chi connectivity index (χ0n) is 23.0. The van der Waals surface area contributed by atoms with Crippen LogP contribution in [0.1, 0.15) is 23.2 Å². The number of carbonyl (C=O) groups is 1. The summed E-state index contributed by atoms with van der Waals surface area (Å²) in [6, 6.07) is 22.8. The first-order valence-electron chi connectivity index (χ1n) is 13.9. The number of hydrogen-bond acceptors (Lipinski definition) is 5. The Morgan fingerprint density at radius 2 is 1.55 bits per heavy atom. The van der Waals surface area contributed by atoms with E-state index in [1.165, 1.54) is 16.4 Å². The maximum absolute atomic E-state index is 13.2. The molecule has 0 atom stereocenters. The number of rotatable bonds is 9. The van der Waals surface area contributed by atoms with Crippen molar-refractivity contribution in [3.63, 3.8) is 0 Å². The number of aromatic nitrogens is 4. The van der Waals surface area contributed by atoms with Gasteiger partial charge in [0.2, 0.25) is 15.9 Å². The summed E-state index contributed by atoms with van der Waals surface area (Å²) in [6.07, 6.45) is 4.87. The molecule has 1 fully saturated rings. The van der Waals surface area contributed by atoms with Crippen LogP contribution in [0.15, 0.2) is 96.2 Å². The minimum absolute atomic E-state index is 0.0207. The number of amides is 1. The quantitative estimate of drug-likeness (QED) is 0.261. The number of aryl methyl sites for hydroxylation is 1. The minimum atomic E-state index is -3.56. The standard InChI is InChI=1S/C31H31FN6O3S/c32-26-13-10-24(11-14-26)20-37-23-27(33-34-37)22-36-21-25(29-8-4-5-9-30(29)36)12-15-31(39)35-16-18-38(19-17-35)42(40,41)28-6-2-1-3-7-28/h1-11,13-14,21,23H,12,15-20,22H2. The number of piperazine rings is 1. The van der Waals surface area contributed by atoms with E-state index in [4.69, 9.17) is 0 Å². The molecule has 42 heavy (non-hydrogen) atoms. The van der Waals surface area contributed by atoms with Crippen molar-refractivity contribution < 1.29 is 17.6 Å². The summed E-state index contributed by atoms with van der Waals surface area (Å²) < 4.78 is 44.4. The molecule has 1 aliphatic rings. The second-order valence-corrected chi connectivity index (χ2v) is 12.4. The van der Waals surface area contributed by atoms with Crippen LogP contribution in [0.5, 0.6) is 0 Å². The van der Waals surface area contributed by atoms with E-state index in [0.717, 1.165) is 27.7 Å². The summed E-state index contributed by atoms with van der Waals surface area (Å²) in [5.74, 6) is -0.251. The molecule has 0 aliphatic carbocycles. The topological polar surface area (TPSA) is 93.3 Å². The first-order valence-corrected chi connectivity index (χ1v) is 15.3. The number of fused-ring (bicyclic) bond motifs is 1. The lowest BCUT2D eigenvalue weighted by Crippen LogP contribution is -2.50. The predicted octanol–water partition coefficient (Wildman–Crippen LogP) is 3.93. The van der Waals surface area contributed by atoms with E-state index in [-0.39, 0.29) is 29.7 Å². The molecule has 6 rings (SSSR count). The average Bonchev–Trinajstić information content (AvgIpc) is 3.61. The molecular formula is C31H31FN6O3S. The van der Waals surface area contributed by atoms with Gasteiger partial charge < -0.3 is 9.47 Å². The lowest BCUT2D eigenvalue weighted by Gasteiger charge is -2.34. The second-order valence-electron chi connectivity index (χ2n) is 10.4. The van der Waals surface area contributed by atoms with Crippen molar-refractivity contribution in [2.75, 3.05) is 26.2 Å². The Kier molecular flexibility index (Phi) is 7.86. The molecule has 11 heteroatoms. The third kappa shape index (κ3) is 5.97. The molecule has 1 saturated heterocycles. The molecule has 0 bridgehead atoms. The molecule has 0 saturated carbocycles. The van der Waals surface area contributed by atoms with Gasteiger partial charge in [0.1, 0.15) is 11.5 Å². The van der Waals surface area contributed by atoms with E-state index in [2.05, 4.69) is 33.2 Å². The molecule has 0 N–H and O–H groups in total. The minimum Gasteiger partial charge on any atom is -0.341 e. The molecule has 0 unspecified atom stereocenters. The predicted molar refractivity (Wildman–Crippen MR) is 157 cm³/mol. The van der Waals surface area contributed by atoms with Crippen LogP contribution >= 0.6 is 0 Å². The highest BCUT2D eigenvalue weighted by molar-refractivity contribution is 7.89. The van der Waals surface area contributed by atoms with Crippen LogP contribution in [-0.2, 0) is 34.3 Å². The Labute approximate surface area is 243 Å². The summed E-state index contributed by atoms with van der Waals surface area (Å²) in [6.45, 7) is 2.34. The number of para-hydroxylation sites is 1. The van der Waals surface area contributed by atoms with Gasteiger partial charge in [-0.25, -0.2) is 17.5 Å². The fourth-order valence-electron chi connectivity index (χ4n) is 5.41. The van der Waals surface area contributed by atoms with Crippen LogP contribution in [-0.4, -0.2) is 69.3 Å². The smallest absolute Gasteiger partial charge is 0.243 e. The van der Waals surface area contributed by atoms with Gasteiger partial charge in [-0.2, -0.15) is 4.31 Å². The third-order valence-corrected chi connectivity index (χ3v) is 9.54. The summed E-state index contributed by atoms with van der Waals surface area (Å²) >= 11 is 0. The molecular weight excluding hydrogens is 555 g/mol. The highest BCUT2D eigenvalue weighted by Gasteiger charge is 2.30. The van der Waals surface area contributed by atoms with E-state index in [9.17, 15) is 17.6 Å². The Bertz CT molecular complexity index is 1790. The van der Waals surface area contributed by atoms with Crippen molar-refractivity contribution in [1.29, 1.82) is 0 Å². The molecule has 0 radical (unpaired) electrons. The van der Waals surface area contributed by atoms with E-state index >= 15 is 0 Å². The van der Waals surface area contributed by atoms with Gasteiger partial charge in [-0.1, -0.05) is 53.7 Å². The molecule has 2 aromatic heterocycles. The molecule has 1 aliphatic heterocycles. The number of nitrogens with zero attached hydrogens (tertiary/aromatic N) is 6. The van der Waals surface area contributed by atoms with Crippen LogP contribution in [0.4, 0.5) is 4.39 Å². The average molecular weight is 587 g/mol. The Morgan fingerprint density at radius 1 is 0.833 bits per heavy atom. The first-order chi connectivity index (χ1) is 20.4. The van der Waals surface area contributed by atoms with Crippen molar-refractivity contribution in [2.24, 2.45) is 0 Å². The second kappa shape index (κ2) is 11.9.